The molecule has 0 aliphatic rings. The van der Waals surface area contributed by atoms with Gasteiger partial charge in [-0.2, -0.15) is 5.10 Å². The van der Waals surface area contributed by atoms with Crippen molar-refractivity contribution in [3.63, 3.8) is 0 Å². The molecule has 0 spiro atoms. The number of rotatable bonds is 8. The summed E-state index contributed by atoms with van der Waals surface area (Å²) >= 11 is 0. The fourth-order valence-electron chi connectivity index (χ4n) is 1.62. The maximum Gasteiger partial charge on any atom is 0.149 e. The Morgan fingerprint density at radius 3 is 2.90 bits per heavy atom. The van der Waals surface area contributed by atoms with Gasteiger partial charge in [-0.3, -0.25) is 10.2 Å². The first kappa shape index (κ1) is 16.6. The van der Waals surface area contributed by atoms with Crippen LogP contribution in [-0.2, 0) is 11.2 Å². The second kappa shape index (κ2) is 9.44. The van der Waals surface area contributed by atoms with Crippen molar-refractivity contribution in [2.24, 2.45) is 5.10 Å². The summed E-state index contributed by atoms with van der Waals surface area (Å²) in [5, 5.41) is 13.3. The van der Waals surface area contributed by atoms with Crippen LogP contribution >= 0.6 is 0 Å². The van der Waals surface area contributed by atoms with Gasteiger partial charge < -0.3 is 5.11 Å². The zero-order valence-electron chi connectivity index (χ0n) is 12.1. The Balaban J connectivity index is 3.07. The van der Waals surface area contributed by atoms with E-state index in [1.807, 2.05) is 37.3 Å². The Bertz CT molecular complexity index is 572. The van der Waals surface area contributed by atoms with Crippen LogP contribution in [0.15, 0.2) is 65.9 Å². The van der Waals surface area contributed by atoms with Crippen molar-refractivity contribution in [2.75, 3.05) is 6.61 Å². The smallest absolute Gasteiger partial charge is 0.149 e. The molecule has 0 radical (unpaired) electrons. The van der Waals surface area contributed by atoms with Crippen LogP contribution in [0.5, 0.6) is 0 Å². The lowest BCUT2D eigenvalue weighted by molar-refractivity contribution is -0.104. The van der Waals surface area contributed by atoms with Crippen molar-refractivity contribution in [1.82, 2.24) is 5.43 Å². The molecule has 4 heteroatoms. The Hall–Kier alpha value is -2.46. The van der Waals surface area contributed by atoms with Crippen molar-refractivity contribution in [3.05, 3.63) is 72.0 Å². The van der Waals surface area contributed by atoms with Gasteiger partial charge >= 0.3 is 0 Å². The number of hydrazone groups is 1. The van der Waals surface area contributed by atoms with Gasteiger partial charge in [0.2, 0.25) is 0 Å². The molecule has 4 nitrogen and oxygen atoms in total. The highest BCUT2D eigenvalue weighted by molar-refractivity contribution is 6.09. The number of aldehydes is 1. The molecule has 0 aliphatic heterocycles. The Kier molecular flexibility index (Phi) is 7.46. The molecule has 0 aromatic heterocycles. The minimum atomic E-state index is 0.102. The Morgan fingerprint density at radius 1 is 1.43 bits per heavy atom. The minimum Gasteiger partial charge on any atom is -0.396 e. The second-order valence-corrected chi connectivity index (χ2v) is 4.33. The van der Waals surface area contributed by atoms with E-state index in [0.717, 1.165) is 11.1 Å². The van der Waals surface area contributed by atoms with Gasteiger partial charge in [0.05, 0.1) is 5.71 Å². The molecule has 0 atom stereocenters. The number of allylic oxidation sites excluding steroid dienone is 4. The maximum atomic E-state index is 10.6. The number of nitrogens with zero attached hydrogens (tertiary/aromatic N) is 1. The zero-order valence-corrected chi connectivity index (χ0v) is 12.1. The van der Waals surface area contributed by atoms with Crippen LogP contribution in [0.2, 0.25) is 0 Å². The molecule has 1 aromatic rings. The van der Waals surface area contributed by atoms with Gasteiger partial charge in [-0.15, -0.1) is 0 Å². The molecule has 0 saturated carbocycles. The standard InChI is InChI=1S/C17H20N2O2/c1-3-10-18-19-17(8-7-14(2)13-21)16-6-4-5-15(12-16)9-11-20/h3-8,10,12-13,18,20H,2,9,11H2,1H3/b8-7+,10-3+,19-17+. The van der Waals surface area contributed by atoms with E-state index in [-0.39, 0.29) is 6.61 Å². The van der Waals surface area contributed by atoms with E-state index in [0.29, 0.717) is 24.0 Å². The maximum absolute atomic E-state index is 10.6. The van der Waals surface area contributed by atoms with Gasteiger partial charge in [0, 0.05) is 23.9 Å². The first-order valence-electron chi connectivity index (χ1n) is 6.68. The molecule has 0 amide bonds. The number of aliphatic hydroxyl groups is 1. The molecule has 0 bridgehead atoms. The molecule has 1 aromatic carbocycles. The van der Waals surface area contributed by atoms with Crippen molar-refractivity contribution in [2.45, 2.75) is 13.3 Å². The van der Waals surface area contributed by atoms with Crippen LogP contribution in [0.3, 0.4) is 0 Å². The molecule has 0 unspecified atom stereocenters. The molecule has 1 rings (SSSR count). The largest absolute Gasteiger partial charge is 0.396 e. The summed E-state index contributed by atoms with van der Waals surface area (Å²) in [5.41, 5.74) is 5.79. The van der Waals surface area contributed by atoms with Crippen molar-refractivity contribution < 1.29 is 9.90 Å². The summed E-state index contributed by atoms with van der Waals surface area (Å²) in [6.07, 6.45) is 8.16. The monoisotopic (exact) mass is 284 g/mol. The number of hydrogen-bond acceptors (Lipinski definition) is 4. The minimum absolute atomic E-state index is 0.102. The lowest BCUT2D eigenvalue weighted by Gasteiger charge is -2.05. The normalized spacial score (nSPS) is 12.0. The SMILES string of the molecule is C=C(C=O)/C=C/C(=N\N/C=C/C)c1cccc(CCO)c1. The summed E-state index contributed by atoms with van der Waals surface area (Å²) in [5.74, 6) is 0. The van der Waals surface area contributed by atoms with Crippen LogP contribution in [-0.4, -0.2) is 23.7 Å². The summed E-state index contributed by atoms with van der Waals surface area (Å²) in [4.78, 5) is 10.6. The average Bonchev–Trinajstić information content (AvgIpc) is 2.51. The first-order valence-corrected chi connectivity index (χ1v) is 6.68. The first-order chi connectivity index (χ1) is 10.2. The quantitative estimate of drug-likeness (QED) is 0.253. The van der Waals surface area contributed by atoms with Crippen LogP contribution < -0.4 is 5.43 Å². The lowest BCUT2D eigenvalue weighted by Crippen LogP contribution is -2.05. The summed E-state index contributed by atoms with van der Waals surface area (Å²) in [7, 11) is 0. The van der Waals surface area contributed by atoms with E-state index in [4.69, 9.17) is 5.11 Å². The van der Waals surface area contributed by atoms with Crippen molar-refractivity contribution in [3.8, 4) is 0 Å². The highest BCUT2D eigenvalue weighted by atomic mass is 16.2. The number of carbonyl (C=O) groups is 1. The van der Waals surface area contributed by atoms with Crippen LogP contribution in [0.25, 0.3) is 0 Å². The van der Waals surface area contributed by atoms with E-state index in [1.54, 1.807) is 18.4 Å². The third-order valence-corrected chi connectivity index (χ3v) is 2.66. The predicted molar refractivity (Wildman–Crippen MR) is 86.1 cm³/mol. The number of aliphatic hydroxyl groups excluding tert-OH is 1. The molecular weight excluding hydrogens is 264 g/mol. The second-order valence-electron chi connectivity index (χ2n) is 4.33. The molecular formula is C17H20N2O2. The van der Waals surface area contributed by atoms with Gasteiger partial charge in [0.15, 0.2) is 0 Å². The van der Waals surface area contributed by atoms with Gasteiger partial charge in [0.1, 0.15) is 6.29 Å². The molecule has 0 heterocycles. The van der Waals surface area contributed by atoms with Crippen LogP contribution in [0.4, 0.5) is 0 Å². The Labute approximate surface area is 125 Å². The number of nitrogens with one attached hydrogen (secondary N) is 1. The van der Waals surface area contributed by atoms with E-state index in [9.17, 15) is 4.79 Å². The Morgan fingerprint density at radius 2 is 2.24 bits per heavy atom. The topological polar surface area (TPSA) is 61.7 Å². The third kappa shape index (κ3) is 6.01. The van der Waals surface area contributed by atoms with Gasteiger partial charge in [-0.1, -0.05) is 36.9 Å². The predicted octanol–water partition coefficient (Wildman–Crippen LogP) is 2.36. The van der Waals surface area contributed by atoms with Gasteiger partial charge in [-0.05, 0) is 31.1 Å². The molecule has 110 valence electrons. The van der Waals surface area contributed by atoms with Gasteiger partial charge in [0.25, 0.3) is 0 Å². The highest BCUT2D eigenvalue weighted by Crippen LogP contribution is 2.09. The van der Waals surface area contributed by atoms with E-state index >= 15 is 0 Å². The van der Waals surface area contributed by atoms with Crippen LogP contribution in [0, 0.1) is 0 Å². The average molecular weight is 284 g/mol. The number of carbonyl (C=O) groups excluding carboxylic acids is 1. The van der Waals surface area contributed by atoms with E-state index < -0.39 is 0 Å². The molecule has 2 N–H and O–H groups in total. The summed E-state index contributed by atoms with van der Waals surface area (Å²) < 4.78 is 0. The van der Waals surface area contributed by atoms with Crippen LogP contribution in [0.1, 0.15) is 18.1 Å². The number of hydrogen-bond donors (Lipinski definition) is 2. The fraction of sp³-hybridized carbons (Fsp3) is 0.176. The molecule has 0 saturated heterocycles. The summed E-state index contributed by atoms with van der Waals surface area (Å²) in [6, 6.07) is 7.74. The zero-order chi connectivity index (χ0) is 15.5. The van der Waals surface area contributed by atoms with E-state index in [1.165, 1.54) is 0 Å². The molecule has 0 fully saturated rings. The molecule has 21 heavy (non-hydrogen) atoms. The third-order valence-electron chi connectivity index (χ3n) is 2.66. The fourth-order valence-corrected chi connectivity index (χ4v) is 1.62. The summed E-state index contributed by atoms with van der Waals surface area (Å²) in [6.45, 7) is 5.59. The van der Waals surface area contributed by atoms with Crippen molar-refractivity contribution in [1.29, 1.82) is 0 Å². The van der Waals surface area contributed by atoms with Crippen molar-refractivity contribution >= 4 is 12.0 Å². The van der Waals surface area contributed by atoms with E-state index in [2.05, 4.69) is 17.1 Å². The highest BCUT2D eigenvalue weighted by Gasteiger charge is 2.02. The van der Waals surface area contributed by atoms with Gasteiger partial charge in [-0.25, -0.2) is 0 Å². The number of benzene rings is 1. The lowest BCUT2D eigenvalue weighted by atomic mass is 10.0. The molecule has 0 aliphatic carbocycles.